The summed E-state index contributed by atoms with van der Waals surface area (Å²) >= 11 is 0. The van der Waals surface area contributed by atoms with E-state index in [0.717, 1.165) is 27.7 Å². The summed E-state index contributed by atoms with van der Waals surface area (Å²) in [5, 5.41) is 4.88. The fourth-order valence-electron chi connectivity index (χ4n) is 3.33. The molecule has 1 amide bonds. The Morgan fingerprint density at radius 2 is 1.68 bits per heavy atom. The number of nitrogens with zero attached hydrogens (tertiary/aromatic N) is 3. The number of rotatable bonds is 4. The van der Waals surface area contributed by atoms with E-state index in [4.69, 9.17) is 4.98 Å². The van der Waals surface area contributed by atoms with Crippen molar-refractivity contribution >= 4 is 23.0 Å². The highest BCUT2D eigenvalue weighted by molar-refractivity contribution is 6.07. The summed E-state index contributed by atoms with van der Waals surface area (Å²) in [4.78, 5) is 21.7. The number of hydrazone groups is 1. The molecule has 0 saturated carbocycles. The van der Waals surface area contributed by atoms with Crippen molar-refractivity contribution in [2.75, 3.05) is 0 Å². The molecule has 0 unspecified atom stereocenters. The summed E-state index contributed by atoms with van der Waals surface area (Å²) in [6.07, 6.45) is 4.95. The van der Waals surface area contributed by atoms with Crippen molar-refractivity contribution in [2.24, 2.45) is 5.10 Å². The minimum Gasteiger partial charge on any atom is -0.267 e. The second kappa shape index (κ2) is 8.48. The van der Waals surface area contributed by atoms with Gasteiger partial charge in [0.1, 0.15) is 0 Å². The molecule has 154 valence electrons. The lowest BCUT2D eigenvalue weighted by Gasteiger charge is -2.19. The van der Waals surface area contributed by atoms with Gasteiger partial charge in [-0.2, -0.15) is 5.10 Å². The van der Waals surface area contributed by atoms with Gasteiger partial charge in [0, 0.05) is 23.3 Å². The Labute approximate surface area is 181 Å². The SMILES string of the molecule is CC(C)(C)c1ccc(-c2cc(C(=O)N/N=C/c3ccncc3)c3ccccc3n2)cc1. The first kappa shape index (κ1) is 20.4. The summed E-state index contributed by atoms with van der Waals surface area (Å²) in [6.45, 7) is 6.56. The standard InChI is InChI=1S/C26H24N4O/c1-26(2,3)20-10-8-19(9-11-20)24-16-22(21-6-4-5-7-23(21)29-24)25(31)30-28-17-18-12-14-27-15-13-18/h4-17H,1-3H3,(H,30,31)/b28-17+. The van der Waals surface area contributed by atoms with Crippen molar-refractivity contribution in [1.82, 2.24) is 15.4 Å². The molecule has 0 aliphatic heterocycles. The Balaban J connectivity index is 1.68. The van der Waals surface area contributed by atoms with Gasteiger partial charge in [0.25, 0.3) is 5.91 Å². The summed E-state index contributed by atoms with van der Waals surface area (Å²) in [7, 11) is 0. The van der Waals surface area contributed by atoms with E-state index in [0.29, 0.717) is 5.56 Å². The molecule has 4 rings (SSSR count). The quantitative estimate of drug-likeness (QED) is 0.365. The number of carbonyl (C=O) groups is 1. The van der Waals surface area contributed by atoms with E-state index >= 15 is 0 Å². The topological polar surface area (TPSA) is 67.2 Å². The zero-order chi connectivity index (χ0) is 21.8. The van der Waals surface area contributed by atoms with Crippen LogP contribution in [0.25, 0.3) is 22.2 Å². The van der Waals surface area contributed by atoms with Gasteiger partial charge in [-0.1, -0.05) is 63.2 Å². The summed E-state index contributed by atoms with van der Waals surface area (Å²) in [5.74, 6) is -0.281. The maximum absolute atomic E-state index is 13.0. The average molecular weight is 409 g/mol. The van der Waals surface area contributed by atoms with Gasteiger partial charge in [-0.25, -0.2) is 10.4 Å². The van der Waals surface area contributed by atoms with Gasteiger partial charge in [0.15, 0.2) is 0 Å². The van der Waals surface area contributed by atoms with Crippen LogP contribution in [0.5, 0.6) is 0 Å². The molecule has 0 aliphatic carbocycles. The number of fused-ring (bicyclic) bond motifs is 1. The molecule has 1 N–H and O–H groups in total. The summed E-state index contributed by atoms with van der Waals surface area (Å²) < 4.78 is 0. The summed E-state index contributed by atoms with van der Waals surface area (Å²) in [5.41, 5.74) is 7.83. The normalized spacial score (nSPS) is 11.7. The van der Waals surface area contributed by atoms with Crippen LogP contribution in [0, 0.1) is 0 Å². The lowest BCUT2D eigenvalue weighted by atomic mass is 9.86. The number of hydrogen-bond donors (Lipinski definition) is 1. The highest BCUT2D eigenvalue weighted by Gasteiger charge is 2.16. The smallest absolute Gasteiger partial charge is 0.267 e. The van der Waals surface area contributed by atoms with Crippen molar-refractivity contribution in [1.29, 1.82) is 0 Å². The second-order valence-corrected chi connectivity index (χ2v) is 8.38. The van der Waals surface area contributed by atoms with Crippen molar-refractivity contribution in [3.8, 4) is 11.3 Å². The summed E-state index contributed by atoms with van der Waals surface area (Å²) in [6, 6.07) is 21.4. The zero-order valence-corrected chi connectivity index (χ0v) is 17.8. The minimum atomic E-state index is -0.281. The third-order valence-electron chi connectivity index (χ3n) is 5.09. The van der Waals surface area contributed by atoms with E-state index in [9.17, 15) is 4.79 Å². The van der Waals surface area contributed by atoms with Gasteiger partial charge in [-0.3, -0.25) is 9.78 Å². The third-order valence-corrected chi connectivity index (χ3v) is 5.09. The highest BCUT2D eigenvalue weighted by Crippen LogP contribution is 2.28. The van der Waals surface area contributed by atoms with Crippen LogP contribution in [0.2, 0.25) is 0 Å². The number of nitrogens with one attached hydrogen (secondary N) is 1. The zero-order valence-electron chi connectivity index (χ0n) is 17.8. The number of carbonyl (C=O) groups excluding carboxylic acids is 1. The van der Waals surface area contributed by atoms with Crippen molar-refractivity contribution in [2.45, 2.75) is 26.2 Å². The number of amides is 1. The Kier molecular flexibility index (Phi) is 5.58. The molecule has 4 aromatic rings. The lowest BCUT2D eigenvalue weighted by molar-refractivity contribution is 0.0956. The number of para-hydroxylation sites is 1. The Morgan fingerprint density at radius 1 is 0.968 bits per heavy atom. The molecule has 2 aromatic carbocycles. The van der Waals surface area contributed by atoms with Crippen LogP contribution in [0.1, 0.15) is 42.3 Å². The molecule has 0 radical (unpaired) electrons. The monoisotopic (exact) mass is 408 g/mol. The van der Waals surface area contributed by atoms with Crippen LogP contribution in [-0.2, 0) is 5.41 Å². The maximum atomic E-state index is 13.0. The fourth-order valence-corrected chi connectivity index (χ4v) is 3.33. The van der Waals surface area contributed by atoms with Gasteiger partial charge in [0.05, 0.1) is 23.0 Å². The maximum Gasteiger partial charge on any atom is 0.272 e. The average Bonchev–Trinajstić information content (AvgIpc) is 2.78. The molecule has 5 heteroatoms. The Morgan fingerprint density at radius 3 is 2.39 bits per heavy atom. The predicted molar refractivity (Wildman–Crippen MR) is 125 cm³/mol. The molecule has 5 nitrogen and oxygen atoms in total. The van der Waals surface area contributed by atoms with Gasteiger partial charge in [0.2, 0.25) is 0 Å². The van der Waals surface area contributed by atoms with E-state index in [1.54, 1.807) is 18.6 Å². The second-order valence-electron chi connectivity index (χ2n) is 8.38. The largest absolute Gasteiger partial charge is 0.272 e. The molecule has 2 aromatic heterocycles. The fraction of sp³-hybridized carbons (Fsp3) is 0.154. The number of benzene rings is 2. The first-order valence-corrected chi connectivity index (χ1v) is 10.2. The predicted octanol–water partition coefficient (Wildman–Crippen LogP) is 5.36. The van der Waals surface area contributed by atoms with E-state index in [-0.39, 0.29) is 11.3 Å². The number of hydrogen-bond acceptors (Lipinski definition) is 4. The highest BCUT2D eigenvalue weighted by atomic mass is 16.2. The van der Waals surface area contributed by atoms with Crippen LogP contribution in [0.3, 0.4) is 0 Å². The Bertz CT molecular complexity index is 1240. The van der Waals surface area contributed by atoms with Gasteiger partial charge in [-0.15, -0.1) is 0 Å². The van der Waals surface area contributed by atoms with Crippen LogP contribution in [-0.4, -0.2) is 22.1 Å². The van der Waals surface area contributed by atoms with Crippen molar-refractivity contribution in [3.05, 3.63) is 95.8 Å². The van der Waals surface area contributed by atoms with Gasteiger partial charge < -0.3 is 0 Å². The van der Waals surface area contributed by atoms with Crippen molar-refractivity contribution < 1.29 is 4.79 Å². The van der Waals surface area contributed by atoms with Gasteiger partial charge in [-0.05, 0) is 40.8 Å². The molecular formula is C26H24N4O. The molecule has 0 aliphatic rings. The third kappa shape index (κ3) is 4.67. The molecule has 2 heterocycles. The van der Waals surface area contributed by atoms with E-state index < -0.39 is 0 Å². The van der Waals surface area contributed by atoms with Crippen LogP contribution in [0.4, 0.5) is 0 Å². The molecule has 0 fully saturated rings. The lowest BCUT2D eigenvalue weighted by Crippen LogP contribution is -2.18. The molecule has 0 spiro atoms. The first-order chi connectivity index (χ1) is 14.9. The molecule has 0 saturated heterocycles. The van der Waals surface area contributed by atoms with E-state index in [2.05, 4.69) is 60.5 Å². The minimum absolute atomic E-state index is 0.0766. The van der Waals surface area contributed by atoms with Gasteiger partial charge >= 0.3 is 0 Å². The van der Waals surface area contributed by atoms with E-state index in [1.165, 1.54) is 5.56 Å². The number of aromatic nitrogens is 2. The molecule has 0 bridgehead atoms. The Hall–Kier alpha value is -3.86. The molecule has 31 heavy (non-hydrogen) atoms. The number of pyridine rings is 2. The van der Waals surface area contributed by atoms with Crippen molar-refractivity contribution in [3.63, 3.8) is 0 Å². The van der Waals surface area contributed by atoms with Crippen LogP contribution >= 0.6 is 0 Å². The van der Waals surface area contributed by atoms with E-state index in [1.807, 2.05) is 42.5 Å². The molecular weight excluding hydrogens is 384 g/mol. The molecule has 0 atom stereocenters. The van der Waals surface area contributed by atoms with Crippen LogP contribution in [0.15, 0.2) is 84.2 Å². The first-order valence-electron chi connectivity index (χ1n) is 10.2. The van der Waals surface area contributed by atoms with Crippen LogP contribution < -0.4 is 5.43 Å².